The molecule has 1 aromatic carbocycles. The van der Waals surface area contributed by atoms with Gasteiger partial charge in [0.15, 0.2) is 5.11 Å². The molecule has 114 valence electrons. The van der Waals surface area contributed by atoms with E-state index in [2.05, 4.69) is 45.9 Å². The van der Waals surface area contributed by atoms with E-state index in [-0.39, 0.29) is 0 Å². The number of hydrogen-bond acceptors (Lipinski definition) is 3. The summed E-state index contributed by atoms with van der Waals surface area (Å²) in [6.07, 6.45) is 5.78. The fourth-order valence-electron chi connectivity index (χ4n) is 2.51. The van der Waals surface area contributed by atoms with Crippen LogP contribution < -0.4 is 15.6 Å². The zero-order valence-electron chi connectivity index (χ0n) is 12.9. The standard InChI is InChI=1S/C16H24N4S/c1-3-17-16(21)19-18-12-14-7-8-15(11-13(14)2)20-9-5-4-6-10-20/h7-8,11-12H,3-6,9-10H2,1-2H3,(H2,17,19,21)/b18-12-. The maximum Gasteiger partial charge on any atom is 0.186 e. The van der Waals surface area contributed by atoms with Gasteiger partial charge in [0.2, 0.25) is 0 Å². The molecule has 4 nitrogen and oxygen atoms in total. The Labute approximate surface area is 132 Å². The van der Waals surface area contributed by atoms with Crippen molar-refractivity contribution in [1.29, 1.82) is 0 Å². The van der Waals surface area contributed by atoms with Crippen molar-refractivity contribution < 1.29 is 0 Å². The second-order valence-corrected chi connectivity index (χ2v) is 5.73. The summed E-state index contributed by atoms with van der Waals surface area (Å²) >= 11 is 5.06. The van der Waals surface area contributed by atoms with Crippen LogP contribution in [-0.2, 0) is 0 Å². The van der Waals surface area contributed by atoms with Gasteiger partial charge in [0, 0.05) is 25.3 Å². The van der Waals surface area contributed by atoms with Crippen LogP contribution in [-0.4, -0.2) is 31.0 Å². The second-order valence-electron chi connectivity index (χ2n) is 5.32. The molecular formula is C16H24N4S. The molecule has 2 rings (SSSR count). The number of rotatable bonds is 4. The summed E-state index contributed by atoms with van der Waals surface area (Å²) in [5.41, 5.74) is 6.48. The smallest absolute Gasteiger partial charge is 0.186 e. The van der Waals surface area contributed by atoms with Crippen LogP contribution in [0.1, 0.15) is 37.3 Å². The van der Waals surface area contributed by atoms with Gasteiger partial charge in [-0.1, -0.05) is 6.07 Å². The van der Waals surface area contributed by atoms with E-state index >= 15 is 0 Å². The van der Waals surface area contributed by atoms with E-state index in [9.17, 15) is 0 Å². The van der Waals surface area contributed by atoms with Crippen LogP contribution in [0.15, 0.2) is 23.3 Å². The lowest BCUT2D eigenvalue weighted by atomic mass is 10.1. The molecule has 0 aromatic heterocycles. The van der Waals surface area contributed by atoms with Crippen LogP contribution in [0.3, 0.4) is 0 Å². The minimum Gasteiger partial charge on any atom is -0.372 e. The molecule has 0 amide bonds. The first-order chi connectivity index (χ1) is 10.2. The molecule has 0 unspecified atom stereocenters. The number of nitrogens with one attached hydrogen (secondary N) is 2. The van der Waals surface area contributed by atoms with Gasteiger partial charge in [0.05, 0.1) is 6.21 Å². The Morgan fingerprint density at radius 1 is 1.33 bits per heavy atom. The van der Waals surface area contributed by atoms with Crippen LogP contribution in [0.5, 0.6) is 0 Å². The van der Waals surface area contributed by atoms with Gasteiger partial charge in [-0.3, -0.25) is 5.43 Å². The molecule has 0 aliphatic carbocycles. The van der Waals surface area contributed by atoms with Crippen molar-refractivity contribution in [3.63, 3.8) is 0 Å². The number of anilines is 1. The first kappa shape index (κ1) is 15.8. The van der Waals surface area contributed by atoms with E-state index in [0.29, 0.717) is 5.11 Å². The Bertz CT molecular complexity index is 507. The largest absolute Gasteiger partial charge is 0.372 e. The van der Waals surface area contributed by atoms with Crippen LogP contribution in [0.2, 0.25) is 0 Å². The van der Waals surface area contributed by atoms with Crippen molar-refractivity contribution >= 4 is 29.2 Å². The molecule has 0 radical (unpaired) electrons. The van der Waals surface area contributed by atoms with Gasteiger partial charge in [0.1, 0.15) is 0 Å². The number of aryl methyl sites for hydroxylation is 1. The molecule has 2 N–H and O–H groups in total. The SMILES string of the molecule is CCNC(=S)N/N=C\c1ccc(N2CCCCC2)cc1C. The zero-order chi connectivity index (χ0) is 15.1. The predicted molar refractivity (Wildman–Crippen MR) is 94.2 cm³/mol. The molecule has 0 saturated carbocycles. The van der Waals surface area contributed by atoms with Gasteiger partial charge in [-0.05, 0) is 68.6 Å². The predicted octanol–water partition coefficient (Wildman–Crippen LogP) is 2.80. The van der Waals surface area contributed by atoms with E-state index in [1.165, 1.54) is 43.6 Å². The number of piperidine rings is 1. The Balaban J connectivity index is 1.98. The summed E-state index contributed by atoms with van der Waals surface area (Å²) in [6, 6.07) is 6.55. The minimum absolute atomic E-state index is 0.552. The summed E-state index contributed by atoms with van der Waals surface area (Å²) < 4.78 is 0. The Hall–Kier alpha value is -1.62. The molecule has 1 aliphatic rings. The lowest BCUT2D eigenvalue weighted by Gasteiger charge is -2.29. The molecule has 21 heavy (non-hydrogen) atoms. The quantitative estimate of drug-likeness (QED) is 0.510. The van der Waals surface area contributed by atoms with Crippen LogP contribution in [0.25, 0.3) is 0 Å². The first-order valence-corrected chi connectivity index (χ1v) is 8.04. The Kier molecular flexibility index (Phi) is 5.99. The summed E-state index contributed by atoms with van der Waals surface area (Å²) in [6.45, 7) is 7.26. The van der Waals surface area contributed by atoms with Crippen molar-refractivity contribution in [2.75, 3.05) is 24.5 Å². The fourth-order valence-corrected chi connectivity index (χ4v) is 2.71. The monoisotopic (exact) mass is 304 g/mol. The second kappa shape index (κ2) is 7.98. The lowest BCUT2D eigenvalue weighted by molar-refractivity contribution is 0.578. The number of hydrogen-bond donors (Lipinski definition) is 2. The Morgan fingerprint density at radius 2 is 2.10 bits per heavy atom. The topological polar surface area (TPSA) is 39.7 Å². The summed E-state index contributed by atoms with van der Waals surface area (Å²) in [7, 11) is 0. The molecule has 1 aromatic rings. The van der Waals surface area contributed by atoms with E-state index < -0.39 is 0 Å². The average molecular weight is 304 g/mol. The van der Waals surface area contributed by atoms with Gasteiger partial charge in [-0.15, -0.1) is 0 Å². The number of nitrogens with zero attached hydrogens (tertiary/aromatic N) is 2. The average Bonchev–Trinajstić information content (AvgIpc) is 2.50. The van der Waals surface area contributed by atoms with Crippen LogP contribution in [0, 0.1) is 6.92 Å². The van der Waals surface area contributed by atoms with Crippen molar-refractivity contribution in [3.05, 3.63) is 29.3 Å². The van der Waals surface area contributed by atoms with E-state index in [4.69, 9.17) is 12.2 Å². The van der Waals surface area contributed by atoms with Gasteiger partial charge < -0.3 is 10.2 Å². The van der Waals surface area contributed by atoms with Crippen LogP contribution in [0.4, 0.5) is 5.69 Å². The molecule has 1 aliphatic heterocycles. The molecule has 0 atom stereocenters. The summed E-state index contributed by atoms with van der Waals surface area (Å²) in [5, 5.41) is 7.72. The summed E-state index contributed by atoms with van der Waals surface area (Å²) in [5.74, 6) is 0. The Morgan fingerprint density at radius 3 is 2.76 bits per heavy atom. The maximum absolute atomic E-state index is 5.06. The van der Waals surface area contributed by atoms with Crippen molar-refractivity contribution in [1.82, 2.24) is 10.7 Å². The fraction of sp³-hybridized carbons (Fsp3) is 0.500. The molecule has 1 saturated heterocycles. The highest BCUT2D eigenvalue weighted by atomic mass is 32.1. The van der Waals surface area contributed by atoms with E-state index in [1.807, 2.05) is 13.1 Å². The van der Waals surface area contributed by atoms with Crippen LogP contribution >= 0.6 is 12.2 Å². The number of thiocarbonyl (C=S) groups is 1. The number of benzene rings is 1. The van der Waals surface area contributed by atoms with Gasteiger partial charge >= 0.3 is 0 Å². The minimum atomic E-state index is 0.552. The maximum atomic E-state index is 5.06. The molecule has 0 spiro atoms. The highest BCUT2D eigenvalue weighted by molar-refractivity contribution is 7.80. The van der Waals surface area contributed by atoms with Crippen molar-refractivity contribution in [2.45, 2.75) is 33.1 Å². The van der Waals surface area contributed by atoms with Gasteiger partial charge in [-0.2, -0.15) is 5.10 Å². The third-order valence-corrected chi connectivity index (χ3v) is 3.92. The lowest BCUT2D eigenvalue weighted by Crippen LogP contribution is -2.31. The molecule has 0 bridgehead atoms. The highest BCUT2D eigenvalue weighted by Crippen LogP contribution is 2.22. The third-order valence-electron chi connectivity index (χ3n) is 3.68. The molecule has 5 heteroatoms. The van der Waals surface area contributed by atoms with E-state index in [1.54, 1.807) is 0 Å². The third kappa shape index (κ3) is 4.70. The van der Waals surface area contributed by atoms with Crippen molar-refractivity contribution in [3.8, 4) is 0 Å². The van der Waals surface area contributed by atoms with Crippen molar-refractivity contribution in [2.24, 2.45) is 5.10 Å². The highest BCUT2D eigenvalue weighted by Gasteiger charge is 2.11. The molecule has 1 heterocycles. The van der Waals surface area contributed by atoms with E-state index in [0.717, 1.165) is 12.1 Å². The van der Waals surface area contributed by atoms with Gasteiger partial charge in [-0.25, -0.2) is 0 Å². The molecular weight excluding hydrogens is 280 g/mol. The summed E-state index contributed by atoms with van der Waals surface area (Å²) in [4.78, 5) is 2.47. The molecule has 1 fully saturated rings. The van der Waals surface area contributed by atoms with Gasteiger partial charge in [0.25, 0.3) is 0 Å². The zero-order valence-corrected chi connectivity index (χ0v) is 13.7. The normalized spacial score (nSPS) is 15.2. The number of hydrazone groups is 1. The first-order valence-electron chi connectivity index (χ1n) is 7.63.